The minimum atomic E-state index is -0.199. The van der Waals surface area contributed by atoms with Crippen LogP contribution in [-0.4, -0.2) is 61.4 Å². The molecule has 2 aromatic carbocycles. The second-order valence-electron chi connectivity index (χ2n) is 7.22. The van der Waals surface area contributed by atoms with Crippen molar-refractivity contribution in [2.45, 2.75) is 25.6 Å². The monoisotopic (exact) mass is 388 g/mol. The summed E-state index contributed by atoms with van der Waals surface area (Å²) in [5.74, 6) is 1.35. The van der Waals surface area contributed by atoms with E-state index in [9.17, 15) is 9.50 Å². The number of hydrogen-bond acceptors (Lipinski definition) is 5. The maximum absolute atomic E-state index is 13.5. The average molecular weight is 388 g/mol. The van der Waals surface area contributed by atoms with Gasteiger partial charge in [0.05, 0.1) is 14.2 Å². The van der Waals surface area contributed by atoms with E-state index in [4.69, 9.17) is 9.47 Å². The molecule has 1 saturated heterocycles. The van der Waals surface area contributed by atoms with E-state index in [1.165, 1.54) is 6.07 Å². The zero-order valence-electron chi connectivity index (χ0n) is 16.6. The summed E-state index contributed by atoms with van der Waals surface area (Å²) >= 11 is 0. The van der Waals surface area contributed by atoms with Crippen LogP contribution in [0, 0.1) is 5.82 Å². The van der Waals surface area contributed by atoms with Crippen molar-refractivity contribution >= 4 is 0 Å². The van der Waals surface area contributed by atoms with Crippen LogP contribution < -0.4 is 9.47 Å². The van der Waals surface area contributed by atoms with Gasteiger partial charge in [0.15, 0.2) is 0 Å². The summed E-state index contributed by atoms with van der Waals surface area (Å²) in [4.78, 5) is 4.73. The van der Waals surface area contributed by atoms with Gasteiger partial charge in [-0.2, -0.15) is 0 Å². The van der Waals surface area contributed by atoms with E-state index < -0.39 is 0 Å². The zero-order valence-corrected chi connectivity index (χ0v) is 16.6. The van der Waals surface area contributed by atoms with E-state index in [1.807, 2.05) is 24.3 Å². The van der Waals surface area contributed by atoms with Gasteiger partial charge in [-0.25, -0.2) is 4.39 Å². The Morgan fingerprint density at radius 2 is 1.75 bits per heavy atom. The number of aliphatic hydroxyl groups excluding tert-OH is 1. The van der Waals surface area contributed by atoms with Crippen LogP contribution in [0.25, 0.3) is 0 Å². The number of hydrogen-bond donors (Lipinski definition) is 1. The summed E-state index contributed by atoms with van der Waals surface area (Å²) in [5.41, 5.74) is 2.10. The molecule has 1 unspecified atom stereocenters. The van der Waals surface area contributed by atoms with Crippen molar-refractivity contribution in [3.05, 3.63) is 59.4 Å². The highest BCUT2D eigenvalue weighted by molar-refractivity contribution is 5.38. The average Bonchev–Trinajstić information content (AvgIpc) is 2.70. The van der Waals surface area contributed by atoms with E-state index in [1.54, 1.807) is 26.4 Å². The predicted molar refractivity (Wildman–Crippen MR) is 107 cm³/mol. The standard InChI is InChI=1S/C22H29FN2O3/c1-27-21-11-18(12-22(13-21)28-2)15-25-8-7-24(16-20(25)6-9-26)14-17-4-3-5-19(23)10-17/h3-5,10-13,20,26H,6-9,14-16H2,1-2H3. The van der Waals surface area contributed by atoms with Crippen LogP contribution in [0.2, 0.25) is 0 Å². The molecule has 0 aromatic heterocycles. The number of nitrogens with zero attached hydrogens (tertiary/aromatic N) is 2. The molecule has 0 aliphatic carbocycles. The van der Waals surface area contributed by atoms with Gasteiger partial charge >= 0.3 is 0 Å². The molecule has 5 nitrogen and oxygen atoms in total. The SMILES string of the molecule is COc1cc(CN2CCN(Cc3cccc(F)c3)CC2CCO)cc(OC)c1. The number of methoxy groups -OCH3 is 2. The Hall–Kier alpha value is -2.15. The Bertz CT molecular complexity index is 749. The van der Waals surface area contributed by atoms with E-state index in [0.717, 1.165) is 55.3 Å². The summed E-state index contributed by atoms with van der Waals surface area (Å²) in [6.45, 7) is 4.28. The lowest BCUT2D eigenvalue weighted by Gasteiger charge is -2.41. The van der Waals surface area contributed by atoms with Gasteiger partial charge in [-0.3, -0.25) is 9.80 Å². The summed E-state index contributed by atoms with van der Waals surface area (Å²) in [6.07, 6.45) is 0.709. The second kappa shape index (κ2) is 9.87. The van der Waals surface area contributed by atoms with Crippen LogP contribution in [0.4, 0.5) is 4.39 Å². The van der Waals surface area contributed by atoms with Gasteiger partial charge in [0, 0.05) is 51.4 Å². The molecule has 1 aliphatic rings. The molecule has 1 aliphatic heterocycles. The van der Waals surface area contributed by atoms with Crippen molar-refractivity contribution in [1.29, 1.82) is 0 Å². The zero-order chi connectivity index (χ0) is 19.9. The number of rotatable bonds is 8. The molecule has 0 bridgehead atoms. The third-order valence-corrected chi connectivity index (χ3v) is 5.24. The van der Waals surface area contributed by atoms with Gasteiger partial charge in [-0.15, -0.1) is 0 Å². The first kappa shape index (κ1) is 20.6. The lowest BCUT2D eigenvalue weighted by atomic mass is 10.1. The van der Waals surface area contributed by atoms with Crippen molar-refractivity contribution in [1.82, 2.24) is 9.80 Å². The Morgan fingerprint density at radius 1 is 1.00 bits per heavy atom. The van der Waals surface area contributed by atoms with Crippen LogP contribution in [0.1, 0.15) is 17.5 Å². The van der Waals surface area contributed by atoms with Crippen LogP contribution in [0.5, 0.6) is 11.5 Å². The highest BCUT2D eigenvalue weighted by atomic mass is 19.1. The first-order valence-electron chi connectivity index (χ1n) is 9.65. The van der Waals surface area contributed by atoms with Crippen molar-refractivity contribution < 1.29 is 19.0 Å². The largest absolute Gasteiger partial charge is 0.497 e. The number of halogens is 1. The van der Waals surface area contributed by atoms with Crippen molar-refractivity contribution in [2.75, 3.05) is 40.5 Å². The van der Waals surface area contributed by atoms with Gasteiger partial charge in [0.1, 0.15) is 17.3 Å². The fourth-order valence-electron chi connectivity index (χ4n) is 3.82. The van der Waals surface area contributed by atoms with Crippen LogP contribution in [0.3, 0.4) is 0 Å². The number of benzene rings is 2. The van der Waals surface area contributed by atoms with E-state index in [0.29, 0.717) is 6.42 Å². The predicted octanol–water partition coefficient (Wildman–Crippen LogP) is 2.91. The van der Waals surface area contributed by atoms with Gasteiger partial charge in [-0.05, 0) is 41.8 Å². The molecule has 1 fully saturated rings. The van der Waals surface area contributed by atoms with Gasteiger partial charge < -0.3 is 14.6 Å². The highest BCUT2D eigenvalue weighted by Crippen LogP contribution is 2.25. The number of ether oxygens (including phenoxy) is 2. The lowest BCUT2D eigenvalue weighted by molar-refractivity contribution is 0.0498. The summed E-state index contributed by atoms with van der Waals surface area (Å²) in [6, 6.07) is 12.9. The topological polar surface area (TPSA) is 45.2 Å². The summed E-state index contributed by atoms with van der Waals surface area (Å²) < 4.78 is 24.2. The molecular weight excluding hydrogens is 359 g/mol. The van der Waals surface area contributed by atoms with Crippen molar-refractivity contribution in [2.24, 2.45) is 0 Å². The number of aliphatic hydroxyl groups is 1. The molecule has 1 atom stereocenters. The van der Waals surface area contributed by atoms with Gasteiger partial charge in [0.2, 0.25) is 0 Å². The first-order chi connectivity index (χ1) is 13.6. The van der Waals surface area contributed by atoms with Crippen LogP contribution >= 0.6 is 0 Å². The molecule has 0 radical (unpaired) electrons. The maximum atomic E-state index is 13.5. The maximum Gasteiger partial charge on any atom is 0.123 e. The minimum absolute atomic E-state index is 0.149. The molecule has 2 aromatic rings. The number of piperazine rings is 1. The highest BCUT2D eigenvalue weighted by Gasteiger charge is 2.27. The van der Waals surface area contributed by atoms with Crippen LogP contribution in [0.15, 0.2) is 42.5 Å². The first-order valence-corrected chi connectivity index (χ1v) is 9.65. The van der Waals surface area contributed by atoms with Crippen molar-refractivity contribution in [3.8, 4) is 11.5 Å². The normalized spacial score (nSPS) is 18.2. The fraction of sp³-hybridized carbons (Fsp3) is 0.455. The lowest BCUT2D eigenvalue weighted by Crippen LogP contribution is -2.52. The molecular formula is C22H29FN2O3. The van der Waals surface area contributed by atoms with E-state index in [-0.39, 0.29) is 18.5 Å². The Balaban J connectivity index is 1.67. The third-order valence-electron chi connectivity index (χ3n) is 5.24. The fourth-order valence-corrected chi connectivity index (χ4v) is 3.82. The Morgan fingerprint density at radius 3 is 2.39 bits per heavy atom. The molecule has 6 heteroatoms. The molecule has 3 rings (SSSR count). The van der Waals surface area contributed by atoms with Crippen molar-refractivity contribution in [3.63, 3.8) is 0 Å². The second-order valence-corrected chi connectivity index (χ2v) is 7.22. The smallest absolute Gasteiger partial charge is 0.123 e. The molecule has 28 heavy (non-hydrogen) atoms. The summed E-state index contributed by atoms with van der Waals surface area (Å²) in [7, 11) is 3.30. The molecule has 1 heterocycles. The molecule has 0 spiro atoms. The molecule has 1 N–H and O–H groups in total. The third kappa shape index (κ3) is 5.44. The summed E-state index contributed by atoms with van der Waals surface area (Å²) in [5, 5.41) is 9.54. The molecule has 0 amide bonds. The van der Waals surface area contributed by atoms with Gasteiger partial charge in [-0.1, -0.05) is 12.1 Å². The minimum Gasteiger partial charge on any atom is -0.497 e. The van der Waals surface area contributed by atoms with Crippen LogP contribution in [-0.2, 0) is 13.1 Å². The quantitative estimate of drug-likeness (QED) is 0.753. The Labute approximate surface area is 166 Å². The Kier molecular flexibility index (Phi) is 7.25. The van der Waals surface area contributed by atoms with Gasteiger partial charge in [0.25, 0.3) is 0 Å². The van der Waals surface area contributed by atoms with E-state index >= 15 is 0 Å². The molecule has 0 saturated carbocycles. The molecule has 152 valence electrons. The van der Waals surface area contributed by atoms with E-state index in [2.05, 4.69) is 9.80 Å².